The predicted molar refractivity (Wildman–Crippen MR) is 123 cm³/mol. The van der Waals surface area contributed by atoms with Crippen LogP contribution in [-0.2, 0) is 30.7 Å². The number of rotatable bonds is 5. The minimum atomic E-state index is -0.992. The second kappa shape index (κ2) is 10.0. The Morgan fingerprint density at radius 1 is 0.844 bits per heavy atom. The SMILES string of the molecule is O=C(OCc1ccccc1)N1CCc2ccc(N(Cc3ccccc3)C(=O)O)cc2CC1. The highest BCUT2D eigenvalue weighted by atomic mass is 16.6. The molecule has 0 atom stereocenters. The minimum Gasteiger partial charge on any atom is -0.465 e. The van der Waals surface area contributed by atoms with E-state index >= 15 is 0 Å². The molecule has 32 heavy (non-hydrogen) atoms. The van der Waals surface area contributed by atoms with Gasteiger partial charge in [0.25, 0.3) is 0 Å². The van der Waals surface area contributed by atoms with Crippen molar-refractivity contribution in [1.29, 1.82) is 0 Å². The number of carbonyl (C=O) groups excluding carboxylic acids is 1. The lowest BCUT2D eigenvalue weighted by atomic mass is 10.0. The Morgan fingerprint density at radius 3 is 2.12 bits per heavy atom. The van der Waals surface area contributed by atoms with Gasteiger partial charge in [0.05, 0.1) is 6.54 Å². The molecule has 4 rings (SSSR count). The molecule has 0 radical (unpaired) electrons. The van der Waals surface area contributed by atoms with Gasteiger partial charge in [-0.25, -0.2) is 9.59 Å². The average molecular weight is 431 g/mol. The van der Waals surface area contributed by atoms with Crippen LogP contribution < -0.4 is 4.90 Å². The van der Waals surface area contributed by atoms with Crippen LogP contribution in [0.4, 0.5) is 15.3 Å². The highest BCUT2D eigenvalue weighted by Crippen LogP contribution is 2.25. The summed E-state index contributed by atoms with van der Waals surface area (Å²) >= 11 is 0. The van der Waals surface area contributed by atoms with Crippen molar-refractivity contribution in [2.45, 2.75) is 26.0 Å². The summed E-state index contributed by atoms with van der Waals surface area (Å²) in [6.45, 7) is 1.65. The standard InChI is InChI=1S/C26H26N2O4/c29-25(30)28(18-20-7-3-1-4-8-20)24-12-11-22-13-15-27(16-14-23(22)17-24)26(31)32-19-21-9-5-2-6-10-21/h1-12,17H,13-16,18-19H2,(H,29,30). The maximum atomic E-state index is 12.6. The molecule has 3 aromatic carbocycles. The first-order valence-corrected chi connectivity index (χ1v) is 10.7. The zero-order chi connectivity index (χ0) is 22.3. The first kappa shape index (κ1) is 21.4. The second-order valence-corrected chi connectivity index (χ2v) is 7.83. The Bertz CT molecular complexity index is 1070. The van der Waals surface area contributed by atoms with E-state index in [1.807, 2.05) is 78.9 Å². The Kier molecular flexibility index (Phi) is 6.70. The van der Waals surface area contributed by atoms with Crippen LogP contribution in [0.15, 0.2) is 78.9 Å². The van der Waals surface area contributed by atoms with Gasteiger partial charge in [0.1, 0.15) is 6.61 Å². The van der Waals surface area contributed by atoms with Gasteiger partial charge in [-0.15, -0.1) is 0 Å². The molecule has 6 heteroatoms. The van der Waals surface area contributed by atoms with Gasteiger partial charge in [-0.3, -0.25) is 4.90 Å². The number of carboxylic acid groups (broad SMARTS) is 1. The quantitative estimate of drug-likeness (QED) is 0.611. The van der Waals surface area contributed by atoms with Crippen molar-refractivity contribution < 1.29 is 19.4 Å². The van der Waals surface area contributed by atoms with Crippen LogP contribution in [0.2, 0.25) is 0 Å². The monoisotopic (exact) mass is 430 g/mol. The first-order valence-electron chi connectivity index (χ1n) is 10.7. The number of fused-ring (bicyclic) bond motifs is 1. The van der Waals surface area contributed by atoms with Gasteiger partial charge in [-0.2, -0.15) is 0 Å². The number of ether oxygens (including phenoxy) is 1. The topological polar surface area (TPSA) is 70.1 Å². The number of carbonyl (C=O) groups is 2. The van der Waals surface area contributed by atoms with Crippen LogP contribution in [-0.4, -0.2) is 35.3 Å². The van der Waals surface area contributed by atoms with Crippen LogP contribution in [0.3, 0.4) is 0 Å². The van der Waals surface area contributed by atoms with Crippen LogP contribution >= 0.6 is 0 Å². The van der Waals surface area contributed by atoms with E-state index in [1.165, 1.54) is 4.90 Å². The summed E-state index contributed by atoms with van der Waals surface area (Å²) in [5.41, 5.74) is 4.73. The van der Waals surface area contributed by atoms with Gasteiger partial charge < -0.3 is 14.7 Å². The fraction of sp³-hybridized carbons (Fsp3) is 0.231. The molecular weight excluding hydrogens is 404 g/mol. The second-order valence-electron chi connectivity index (χ2n) is 7.83. The molecule has 1 aliphatic heterocycles. The Hall–Kier alpha value is -3.80. The molecule has 2 amide bonds. The Labute approximate surface area is 187 Å². The molecule has 0 unspecified atom stereocenters. The van der Waals surface area contributed by atoms with Gasteiger partial charge in [0, 0.05) is 18.8 Å². The van der Waals surface area contributed by atoms with E-state index in [-0.39, 0.29) is 19.2 Å². The van der Waals surface area contributed by atoms with E-state index in [1.54, 1.807) is 4.90 Å². The summed E-state index contributed by atoms with van der Waals surface area (Å²) in [6.07, 6.45) is 0.0520. The molecule has 1 N–H and O–H groups in total. The number of hydrogen-bond donors (Lipinski definition) is 1. The molecule has 164 valence electrons. The first-order chi connectivity index (χ1) is 15.6. The molecule has 0 aliphatic carbocycles. The maximum Gasteiger partial charge on any atom is 0.412 e. The molecule has 0 spiro atoms. The highest BCUT2D eigenvalue weighted by molar-refractivity contribution is 5.86. The van der Waals surface area contributed by atoms with Crippen molar-refractivity contribution in [3.63, 3.8) is 0 Å². The summed E-state index contributed by atoms with van der Waals surface area (Å²) in [7, 11) is 0. The number of anilines is 1. The fourth-order valence-corrected chi connectivity index (χ4v) is 3.91. The Morgan fingerprint density at radius 2 is 1.47 bits per heavy atom. The molecule has 6 nitrogen and oxygen atoms in total. The van der Waals surface area contributed by atoms with Crippen molar-refractivity contribution >= 4 is 17.9 Å². The van der Waals surface area contributed by atoms with E-state index in [0.717, 1.165) is 22.3 Å². The summed E-state index contributed by atoms with van der Waals surface area (Å²) in [5, 5.41) is 9.77. The highest BCUT2D eigenvalue weighted by Gasteiger charge is 2.22. The molecular formula is C26H26N2O4. The smallest absolute Gasteiger partial charge is 0.412 e. The third-order valence-electron chi connectivity index (χ3n) is 5.68. The molecule has 0 bridgehead atoms. The molecule has 3 aromatic rings. The van der Waals surface area contributed by atoms with E-state index in [0.29, 0.717) is 31.6 Å². The van der Waals surface area contributed by atoms with E-state index in [2.05, 4.69) is 0 Å². The van der Waals surface area contributed by atoms with Gasteiger partial charge >= 0.3 is 12.2 Å². The normalized spacial score (nSPS) is 13.1. The van der Waals surface area contributed by atoms with Crippen molar-refractivity contribution in [3.05, 3.63) is 101 Å². The lowest BCUT2D eigenvalue weighted by molar-refractivity contribution is 0.0977. The van der Waals surface area contributed by atoms with Crippen LogP contribution in [0.1, 0.15) is 22.3 Å². The van der Waals surface area contributed by atoms with Crippen molar-refractivity contribution in [1.82, 2.24) is 4.90 Å². The van der Waals surface area contributed by atoms with E-state index in [9.17, 15) is 14.7 Å². The zero-order valence-corrected chi connectivity index (χ0v) is 17.8. The maximum absolute atomic E-state index is 12.6. The Balaban J connectivity index is 1.42. The molecule has 0 fully saturated rings. The number of benzene rings is 3. The summed E-state index contributed by atoms with van der Waals surface area (Å²) < 4.78 is 5.48. The molecule has 0 saturated heterocycles. The van der Waals surface area contributed by atoms with Crippen LogP contribution in [0.5, 0.6) is 0 Å². The summed E-state index contributed by atoms with van der Waals surface area (Å²) in [4.78, 5) is 27.6. The molecule has 1 aliphatic rings. The van der Waals surface area contributed by atoms with E-state index < -0.39 is 6.09 Å². The minimum absolute atomic E-state index is 0.250. The van der Waals surface area contributed by atoms with Crippen molar-refractivity contribution in [2.24, 2.45) is 0 Å². The van der Waals surface area contributed by atoms with Gasteiger partial charge in [0.2, 0.25) is 0 Å². The average Bonchev–Trinajstić information content (AvgIpc) is 3.04. The largest absolute Gasteiger partial charge is 0.465 e. The van der Waals surface area contributed by atoms with E-state index in [4.69, 9.17) is 4.74 Å². The number of amides is 2. The molecule has 1 heterocycles. The number of nitrogens with zero attached hydrogens (tertiary/aromatic N) is 2. The van der Waals surface area contributed by atoms with Gasteiger partial charge in [-0.05, 0) is 47.2 Å². The number of hydrogen-bond acceptors (Lipinski definition) is 3. The van der Waals surface area contributed by atoms with Crippen molar-refractivity contribution in [3.8, 4) is 0 Å². The van der Waals surface area contributed by atoms with Crippen LogP contribution in [0, 0.1) is 0 Å². The van der Waals surface area contributed by atoms with Crippen LogP contribution in [0.25, 0.3) is 0 Å². The van der Waals surface area contributed by atoms with Gasteiger partial charge in [-0.1, -0.05) is 66.7 Å². The molecule has 0 saturated carbocycles. The lowest BCUT2D eigenvalue weighted by Crippen LogP contribution is -2.33. The van der Waals surface area contributed by atoms with Crippen molar-refractivity contribution in [2.75, 3.05) is 18.0 Å². The zero-order valence-electron chi connectivity index (χ0n) is 17.8. The predicted octanol–water partition coefficient (Wildman–Crippen LogP) is 5.11. The molecule has 0 aromatic heterocycles. The third-order valence-corrected chi connectivity index (χ3v) is 5.68. The van der Waals surface area contributed by atoms with Gasteiger partial charge in [0.15, 0.2) is 0 Å². The lowest BCUT2D eigenvalue weighted by Gasteiger charge is -2.21. The summed E-state index contributed by atoms with van der Waals surface area (Å²) in [5.74, 6) is 0. The third kappa shape index (κ3) is 5.27. The summed E-state index contributed by atoms with van der Waals surface area (Å²) in [6, 6.07) is 24.9. The fourth-order valence-electron chi connectivity index (χ4n) is 3.91.